The fourth-order valence-corrected chi connectivity index (χ4v) is 10.8. The van der Waals surface area contributed by atoms with Crippen molar-refractivity contribution in [3.8, 4) is 0 Å². The maximum Gasteiger partial charge on any atom is 0.195 e. The second-order valence-corrected chi connectivity index (χ2v) is 24.5. The highest BCUT2D eigenvalue weighted by Gasteiger charge is 2.35. The molecule has 0 aromatic heterocycles. The molecule has 1 nitrogen and oxygen atoms in total. The van der Waals surface area contributed by atoms with Crippen molar-refractivity contribution in [2.45, 2.75) is 212 Å². The first kappa shape index (κ1) is 56.9. The van der Waals surface area contributed by atoms with Crippen molar-refractivity contribution < 1.29 is 4.79 Å². The number of benzene rings is 4. The maximum atomic E-state index is 15.6. The number of carbonyl (C=O) groups is 1. The predicted molar refractivity (Wildman–Crippen MR) is 309 cm³/mol. The normalized spacial score (nSPS) is 15.1. The predicted octanol–water partition coefficient (Wildman–Crippen LogP) is 20.4. The number of Topliss-reactive ketones (excluding diaryl/α,β-unsaturated/α-hetero) is 1. The summed E-state index contributed by atoms with van der Waals surface area (Å²) < 4.78 is 0. The van der Waals surface area contributed by atoms with Gasteiger partial charge >= 0.3 is 0 Å². The molecule has 0 saturated heterocycles. The molecule has 382 valence electrons. The third-order valence-corrected chi connectivity index (χ3v) is 15.8. The molecule has 70 heavy (non-hydrogen) atoms. The van der Waals surface area contributed by atoms with Crippen molar-refractivity contribution in [2.75, 3.05) is 0 Å². The van der Waals surface area contributed by atoms with Gasteiger partial charge in [-0.25, -0.2) is 0 Å². The van der Waals surface area contributed by atoms with Gasteiger partial charge in [0.1, 0.15) is 0 Å². The lowest BCUT2D eigenvalue weighted by molar-refractivity contribution is -0.108. The molecule has 4 aromatic rings. The molecular formula is C69H100O. The summed E-state index contributed by atoms with van der Waals surface area (Å²) in [6.07, 6.45) is 24.8. The van der Waals surface area contributed by atoms with E-state index >= 15 is 4.79 Å². The van der Waals surface area contributed by atoms with Gasteiger partial charge in [0, 0.05) is 22.3 Å². The van der Waals surface area contributed by atoms with Gasteiger partial charge in [0.15, 0.2) is 5.78 Å². The van der Waals surface area contributed by atoms with E-state index in [0.717, 1.165) is 93.9 Å². The monoisotopic (exact) mass is 945 g/mol. The van der Waals surface area contributed by atoms with Gasteiger partial charge in [-0.3, -0.25) is 4.79 Å². The van der Waals surface area contributed by atoms with Crippen molar-refractivity contribution in [2.24, 2.45) is 47.3 Å². The molecule has 0 N–H and O–H groups in total. The van der Waals surface area contributed by atoms with E-state index in [4.69, 9.17) is 0 Å². The molecule has 0 bridgehead atoms. The summed E-state index contributed by atoms with van der Waals surface area (Å²) in [5.74, 6) is 6.09. The van der Waals surface area contributed by atoms with Crippen molar-refractivity contribution in [1.82, 2.24) is 0 Å². The molecule has 0 saturated carbocycles. The molecular weight excluding hydrogens is 845 g/mol. The Morgan fingerprint density at radius 1 is 0.257 bits per heavy atom. The van der Waals surface area contributed by atoms with E-state index < -0.39 is 0 Å². The minimum atomic E-state index is 0.140. The average Bonchev–Trinajstić information content (AvgIpc) is 3.63. The Morgan fingerprint density at radius 2 is 0.457 bits per heavy atom. The Labute approximate surface area is 431 Å². The minimum Gasteiger partial charge on any atom is -0.289 e. The molecule has 0 spiro atoms. The Hall–Kier alpha value is -3.97. The first-order valence-electron chi connectivity index (χ1n) is 29.0. The van der Waals surface area contributed by atoms with Gasteiger partial charge < -0.3 is 0 Å². The van der Waals surface area contributed by atoms with Crippen molar-refractivity contribution in [3.05, 3.63) is 142 Å². The number of carbonyl (C=O) groups excluding carboxylic acids is 1. The molecule has 1 aliphatic rings. The van der Waals surface area contributed by atoms with E-state index in [0.29, 0.717) is 23.7 Å². The Kier molecular flexibility index (Phi) is 24.0. The van der Waals surface area contributed by atoms with Crippen LogP contribution in [0.2, 0.25) is 0 Å². The number of hydrogen-bond donors (Lipinski definition) is 0. The smallest absolute Gasteiger partial charge is 0.195 e. The van der Waals surface area contributed by atoms with Gasteiger partial charge in [-0.15, -0.1) is 0 Å². The van der Waals surface area contributed by atoms with Gasteiger partial charge in [-0.1, -0.05) is 257 Å². The zero-order chi connectivity index (χ0) is 50.6. The topological polar surface area (TPSA) is 17.1 Å². The van der Waals surface area contributed by atoms with Crippen molar-refractivity contribution in [1.29, 1.82) is 0 Å². The zero-order valence-corrected chi connectivity index (χ0v) is 46.9. The summed E-state index contributed by atoms with van der Waals surface area (Å²) in [7, 11) is 0. The molecule has 4 aromatic carbocycles. The van der Waals surface area contributed by atoms with E-state index in [1.807, 2.05) is 0 Å². The molecule has 0 aliphatic heterocycles. The van der Waals surface area contributed by atoms with Crippen molar-refractivity contribution >= 4 is 28.1 Å². The van der Waals surface area contributed by atoms with E-state index in [9.17, 15) is 0 Å². The average molecular weight is 946 g/mol. The van der Waals surface area contributed by atoms with Crippen molar-refractivity contribution in [3.63, 3.8) is 0 Å². The van der Waals surface area contributed by atoms with Gasteiger partial charge in [-0.2, -0.15) is 0 Å². The summed E-state index contributed by atoms with van der Waals surface area (Å²) in [5.41, 5.74) is 13.6. The quantitative estimate of drug-likeness (QED) is 0.0477. The van der Waals surface area contributed by atoms with Gasteiger partial charge in [0.25, 0.3) is 0 Å². The summed E-state index contributed by atoms with van der Waals surface area (Å²) in [5, 5.41) is 0. The Bertz CT molecular complexity index is 2010. The number of hydrogen-bond acceptors (Lipinski definition) is 1. The Balaban J connectivity index is 1.52. The number of ketones is 1. The van der Waals surface area contributed by atoms with Crippen LogP contribution in [0, 0.1) is 47.3 Å². The van der Waals surface area contributed by atoms with Crippen LogP contribution in [0.1, 0.15) is 230 Å². The van der Waals surface area contributed by atoms with Crippen LogP contribution in [0.4, 0.5) is 0 Å². The maximum absolute atomic E-state index is 15.6. The third kappa shape index (κ3) is 18.9. The van der Waals surface area contributed by atoms with E-state index in [1.165, 1.54) is 125 Å². The highest BCUT2D eigenvalue weighted by atomic mass is 16.1. The van der Waals surface area contributed by atoms with Crippen LogP contribution in [0.5, 0.6) is 0 Å². The fraction of sp³-hybridized carbons (Fsp3) is 0.580. The number of aryl methyl sites for hydroxylation is 4. The lowest BCUT2D eigenvalue weighted by Gasteiger charge is -2.16. The number of allylic oxidation sites excluding steroid dienone is 4. The molecule has 1 aliphatic carbocycles. The lowest BCUT2D eigenvalue weighted by atomic mass is 9.87. The highest BCUT2D eigenvalue weighted by molar-refractivity contribution is 6.59. The number of rotatable bonds is 32. The van der Waals surface area contributed by atoms with Crippen LogP contribution in [-0.2, 0) is 30.5 Å². The summed E-state index contributed by atoms with van der Waals surface area (Å²) >= 11 is 0. The third-order valence-electron chi connectivity index (χ3n) is 15.8. The Morgan fingerprint density at radius 3 is 0.657 bits per heavy atom. The molecule has 4 unspecified atom stereocenters. The lowest BCUT2D eigenvalue weighted by Crippen LogP contribution is -2.03. The van der Waals surface area contributed by atoms with E-state index in [-0.39, 0.29) is 5.78 Å². The fourth-order valence-electron chi connectivity index (χ4n) is 10.8. The van der Waals surface area contributed by atoms with Crippen LogP contribution in [0.15, 0.2) is 97.1 Å². The van der Waals surface area contributed by atoms with Crippen LogP contribution >= 0.6 is 0 Å². The molecule has 5 rings (SSSR count). The van der Waals surface area contributed by atoms with E-state index in [2.05, 4.69) is 180 Å². The molecule has 0 fully saturated rings. The van der Waals surface area contributed by atoms with Crippen LogP contribution in [0.3, 0.4) is 0 Å². The minimum absolute atomic E-state index is 0.140. The zero-order valence-electron chi connectivity index (χ0n) is 46.9. The summed E-state index contributed by atoms with van der Waals surface area (Å²) in [6.45, 7) is 28.4. The first-order valence-corrected chi connectivity index (χ1v) is 29.0. The van der Waals surface area contributed by atoms with Crippen LogP contribution in [-0.4, -0.2) is 5.78 Å². The van der Waals surface area contributed by atoms with E-state index in [1.54, 1.807) is 0 Å². The molecule has 4 atom stereocenters. The summed E-state index contributed by atoms with van der Waals surface area (Å²) in [4.78, 5) is 15.6. The van der Waals surface area contributed by atoms with Gasteiger partial charge in [0.05, 0.1) is 0 Å². The van der Waals surface area contributed by atoms with Crippen LogP contribution in [0.25, 0.3) is 22.3 Å². The second-order valence-electron chi connectivity index (χ2n) is 24.5. The van der Waals surface area contributed by atoms with Gasteiger partial charge in [0.2, 0.25) is 0 Å². The largest absolute Gasteiger partial charge is 0.289 e. The molecule has 0 amide bonds. The molecule has 1 heteroatoms. The highest BCUT2D eigenvalue weighted by Crippen LogP contribution is 2.50. The molecule has 0 radical (unpaired) electrons. The first-order chi connectivity index (χ1) is 33.6. The standard InChI is InChI=1S/C69H100O/c1-49(2)17-13-21-53(9)25-29-57-33-41-61(42-34-57)65-66(62-43-35-58(36-44-62)30-26-54(10)22-14-18-50(3)4)68(64-47-39-60(40-48-64)32-28-56(12)24-16-20-52(7)8)69(70)67(65)63-45-37-59(38-46-63)31-27-55(11)23-15-19-51(5)6/h33-56H,13-32H2,1-12H3. The summed E-state index contributed by atoms with van der Waals surface area (Å²) in [6, 6.07) is 36.8. The molecule has 0 heterocycles. The van der Waals surface area contributed by atoms with Crippen LogP contribution < -0.4 is 0 Å². The second kappa shape index (κ2) is 29.5. The van der Waals surface area contributed by atoms with Gasteiger partial charge in [-0.05, 0) is 143 Å². The SMILES string of the molecule is CC(C)CCCC(C)CCc1ccc(C2=C(c3ccc(CCC(C)CCCC(C)C)cc3)C(c3ccc(CCC(C)CCCC(C)C)cc3)=C(c3ccc(CCC(C)CCCC(C)C)cc3)C2=O)cc1.